The average molecular weight is 579 g/mol. The van der Waals surface area contributed by atoms with Gasteiger partial charge in [0.05, 0.1) is 22.0 Å². The second-order valence-corrected chi connectivity index (χ2v) is 14.8. The van der Waals surface area contributed by atoms with Crippen molar-refractivity contribution in [2.24, 2.45) is 5.92 Å². The Morgan fingerprint density at radius 2 is 1.58 bits per heavy atom. The fourth-order valence-electron chi connectivity index (χ4n) is 9.95. The number of aryl methyl sites for hydroxylation is 1. The van der Waals surface area contributed by atoms with Crippen LogP contribution in [0.5, 0.6) is 0 Å². The molecule has 4 fully saturated rings. The maximum absolute atomic E-state index is 13.4. The number of likely N-dealkylation sites (tertiary alicyclic amines) is 2. The summed E-state index contributed by atoms with van der Waals surface area (Å²) in [6.07, 6.45) is 18.5. The highest BCUT2D eigenvalue weighted by Gasteiger charge is 2.47. The Morgan fingerprint density at radius 3 is 2.35 bits per heavy atom. The second-order valence-electron chi connectivity index (χ2n) is 14.8. The van der Waals surface area contributed by atoms with Crippen LogP contribution in [0, 0.1) is 12.8 Å². The number of hydrogen-bond acceptors (Lipinski definition) is 4. The van der Waals surface area contributed by atoms with Gasteiger partial charge in [-0.15, -0.1) is 0 Å². The van der Waals surface area contributed by atoms with Gasteiger partial charge >= 0.3 is 0 Å². The molecule has 0 bridgehead atoms. The molecule has 3 aromatic rings. The SMILES string of the molecule is Cc1cccc2c1c(=O)nc1n2-c2ccc(C3CCN(C4CCN(CC5CCCCC5)CC4)CC3)cc2C12CCCCC2. The highest BCUT2D eigenvalue weighted by atomic mass is 16.1. The van der Waals surface area contributed by atoms with Crippen molar-refractivity contribution in [3.05, 3.63) is 69.3 Å². The Kier molecular flexibility index (Phi) is 7.46. The van der Waals surface area contributed by atoms with Crippen molar-refractivity contribution in [1.82, 2.24) is 19.4 Å². The molecule has 5 nitrogen and oxygen atoms in total. The normalized spacial score (nSPS) is 24.0. The lowest BCUT2D eigenvalue weighted by Crippen LogP contribution is -2.48. The van der Waals surface area contributed by atoms with E-state index in [-0.39, 0.29) is 11.0 Å². The lowest BCUT2D eigenvalue weighted by molar-refractivity contribution is 0.0773. The highest BCUT2D eigenvalue weighted by Crippen LogP contribution is 2.52. The van der Waals surface area contributed by atoms with Crippen LogP contribution in [0.4, 0.5) is 0 Å². The van der Waals surface area contributed by atoms with Crippen molar-refractivity contribution >= 4 is 10.9 Å². The third-order valence-electron chi connectivity index (χ3n) is 12.4. The number of benzene rings is 2. The number of piperidine rings is 2. The van der Waals surface area contributed by atoms with Crippen LogP contribution in [-0.2, 0) is 5.41 Å². The summed E-state index contributed by atoms with van der Waals surface area (Å²) in [7, 11) is 0. The van der Waals surface area contributed by atoms with E-state index in [1.54, 1.807) is 0 Å². The van der Waals surface area contributed by atoms with Crippen molar-refractivity contribution in [3.63, 3.8) is 0 Å². The summed E-state index contributed by atoms with van der Waals surface area (Å²) in [6.45, 7) is 8.48. The molecular weight excluding hydrogens is 528 g/mol. The molecule has 2 aromatic carbocycles. The molecule has 0 amide bonds. The van der Waals surface area contributed by atoms with Crippen molar-refractivity contribution in [2.75, 3.05) is 32.7 Å². The molecule has 2 saturated heterocycles. The van der Waals surface area contributed by atoms with Crippen LogP contribution < -0.4 is 5.56 Å². The predicted octanol–water partition coefficient (Wildman–Crippen LogP) is 7.48. The van der Waals surface area contributed by atoms with Gasteiger partial charge in [-0.2, -0.15) is 4.98 Å². The zero-order valence-electron chi connectivity index (χ0n) is 26.3. The topological polar surface area (TPSA) is 41.4 Å². The molecule has 0 atom stereocenters. The Bertz CT molecular complexity index is 1530. The maximum atomic E-state index is 13.4. The van der Waals surface area contributed by atoms with E-state index in [0.717, 1.165) is 47.1 Å². The van der Waals surface area contributed by atoms with Gasteiger partial charge in [0, 0.05) is 12.6 Å². The van der Waals surface area contributed by atoms with E-state index in [1.165, 1.54) is 127 Å². The lowest BCUT2D eigenvalue weighted by atomic mass is 9.69. The number of nitrogens with zero attached hydrogens (tertiary/aromatic N) is 4. The fourth-order valence-corrected chi connectivity index (χ4v) is 9.95. The molecule has 43 heavy (non-hydrogen) atoms. The first-order valence-electron chi connectivity index (χ1n) is 17.7. The molecule has 0 unspecified atom stereocenters. The zero-order chi connectivity index (χ0) is 29.0. The van der Waals surface area contributed by atoms with E-state index in [4.69, 9.17) is 4.98 Å². The summed E-state index contributed by atoms with van der Waals surface area (Å²) in [5, 5.41) is 0.779. The minimum atomic E-state index is -0.118. The molecule has 0 radical (unpaired) electrons. The molecule has 5 aliphatic rings. The van der Waals surface area contributed by atoms with Gasteiger partial charge < -0.3 is 9.80 Å². The molecule has 0 N–H and O–H groups in total. The van der Waals surface area contributed by atoms with Gasteiger partial charge in [-0.25, -0.2) is 0 Å². The van der Waals surface area contributed by atoms with E-state index in [1.807, 2.05) is 13.0 Å². The van der Waals surface area contributed by atoms with E-state index in [0.29, 0.717) is 5.92 Å². The van der Waals surface area contributed by atoms with Crippen LogP contribution in [0.1, 0.15) is 118 Å². The Hall–Kier alpha value is -2.50. The zero-order valence-corrected chi connectivity index (χ0v) is 26.3. The number of fused-ring (bicyclic) bond motifs is 7. The van der Waals surface area contributed by atoms with E-state index in [9.17, 15) is 4.79 Å². The van der Waals surface area contributed by atoms with Crippen LogP contribution in [0.3, 0.4) is 0 Å². The molecule has 1 spiro atoms. The summed E-state index contributed by atoms with van der Waals surface area (Å²) >= 11 is 0. The molecule has 1 aromatic heterocycles. The van der Waals surface area contributed by atoms with Crippen LogP contribution >= 0.6 is 0 Å². The van der Waals surface area contributed by atoms with Crippen LogP contribution in [0.2, 0.25) is 0 Å². The van der Waals surface area contributed by atoms with Gasteiger partial charge in [0.1, 0.15) is 5.82 Å². The molecule has 5 heteroatoms. The molecule has 3 aliphatic heterocycles. The molecule has 2 saturated carbocycles. The lowest BCUT2D eigenvalue weighted by Gasteiger charge is -2.43. The minimum Gasteiger partial charge on any atom is -0.303 e. The minimum absolute atomic E-state index is 0.0514. The van der Waals surface area contributed by atoms with Crippen molar-refractivity contribution in [2.45, 2.75) is 114 Å². The Morgan fingerprint density at radius 1 is 0.837 bits per heavy atom. The highest BCUT2D eigenvalue weighted by molar-refractivity contribution is 5.85. The number of aromatic nitrogens is 2. The van der Waals surface area contributed by atoms with E-state index in [2.05, 4.69) is 44.7 Å². The summed E-state index contributed by atoms with van der Waals surface area (Å²) in [5.41, 5.74) is 6.11. The quantitative estimate of drug-likeness (QED) is 0.322. The smallest absolute Gasteiger partial charge is 0.281 e. The van der Waals surface area contributed by atoms with Crippen LogP contribution in [0.15, 0.2) is 41.2 Å². The summed E-state index contributed by atoms with van der Waals surface area (Å²) in [4.78, 5) is 23.9. The largest absolute Gasteiger partial charge is 0.303 e. The van der Waals surface area contributed by atoms with Gasteiger partial charge in [-0.05, 0) is 125 Å². The number of hydrogen-bond donors (Lipinski definition) is 0. The van der Waals surface area contributed by atoms with Crippen LogP contribution in [-0.4, -0.2) is 58.1 Å². The van der Waals surface area contributed by atoms with E-state index < -0.39 is 0 Å². The average Bonchev–Trinajstić information content (AvgIpc) is 3.30. The Labute approximate surface area is 257 Å². The Balaban J connectivity index is 1.00. The third-order valence-corrected chi connectivity index (χ3v) is 12.4. The molecular formula is C38H50N4O. The van der Waals surface area contributed by atoms with Crippen molar-refractivity contribution in [3.8, 4) is 5.69 Å². The van der Waals surface area contributed by atoms with Crippen molar-refractivity contribution in [1.29, 1.82) is 0 Å². The van der Waals surface area contributed by atoms with Gasteiger partial charge in [0.25, 0.3) is 5.56 Å². The summed E-state index contributed by atoms with van der Waals surface area (Å²) < 4.78 is 2.36. The first-order chi connectivity index (χ1) is 21.1. The predicted molar refractivity (Wildman–Crippen MR) is 176 cm³/mol. The first kappa shape index (κ1) is 28.0. The molecule has 4 heterocycles. The maximum Gasteiger partial charge on any atom is 0.281 e. The van der Waals surface area contributed by atoms with Crippen molar-refractivity contribution < 1.29 is 0 Å². The van der Waals surface area contributed by atoms with E-state index >= 15 is 0 Å². The summed E-state index contributed by atoms with van der Waals surface area (Å²) in [6, 6.07) is 14.4. The van der Waals surface area contributed by atoms with Gasteiger partial charge in [-0.1, -0.05) is 62.8 Å². The van der Waals surface area contributed by atoms with Gasteiger partial charge in [0.2, 0.25) is 0 Å². The monoisotopic (exact) mass is 578 g/mol. The molecule has 2 aliphatic carbocycles. The van der Waals surface area contributed by atoms with Gasteiger partial charge in [0.15, 0.2) is 0 Å². The third kappa shape index (κ3) is 4.90. The van der Waals surface area contributed by atoms with Crippen LogP contribution in [0.25, 0.3) is 16.6 Å². The molecule has 8 rings (SSSR count). The standard InChI is InChI=1S/C38H50N4O/c1-27-9-8-12-34-35(27)36(43)39-37-38(19-6-3-7-20-38)32-25-30(13-14-33(32)42(34)37)29-15-23-41(24-16-29)31-17-21-40(22-18-31)26-28-10-4-2-5-11-28/h8-9,12-14,25,28-29,31H,2-7,10-11,15-24,26H2,1H3. The summed E-state index contributed by atoms with van der Waals surface area (Å²) in [5.74, 6) is 2.60. The number of rotatable bonds is 4. The molecule has 228 valence electrons. The fraction of sp³-hybridized carbons (Fsp3) is 0.632. The van der Waals surface area contributed by atoms with Gasteiger partial charge in [-0.3, -0.25) is 9.36 Å². The second kappa shape index (κ2) is 11.5. The first-order valence-corrected chi connectivity index (χ1v) is 17.7.